The summed E-state index contributed by atoms with van der Waals surface area (Å²) in [7, 11) is 0. The summed E-state index contributed by atoms with van der Waals surface area (Å²) >= 11 is 23.3. The van der Waals surface area contributed by atoms with Crippen LogP contribution in [0.25, 0.3) is 0 Å². The predicted octanol–water partition coefficient (Wildman–Crippen LogP) is 4.65. The van der Waals surface area contributed by atoms with Crippen LogP contribution < -0.4 is 4.74 Å². The first-order valence-electron chi connectivity index (χ1n) is 7.92. The number of fused-ring (bicyclic) bond motifs is 1. The lowest BCUT2D eigenvalue weighted by Crippen LogP contribution is -2.54. The molecule has 0 unspecified atom stereocenters. The maximum absolute atomic E-state index is 12.7. The lowest BCUT2D eigenvalue weighted by Gasteiger charge is -2.44. The van der Waals surface area contributed by atoms with E-state index < -0.39 is 15.3 Å². The number of amides is 1. The number of hydrogen-bond donors (Lipinski definition) is 0. The van der Waals surface area contributed by atoms with Gasteiger partial charge in [-0.1, -0.05) is 46.4 Å². The average molecular weight is 425 g/mol. The van der Waals surface area contributed by atoms with E-state index >= 15 is 0 Å². The van der Waals surface area contributed by atoms with Gasteiger partial charge in [-0.15, -0.1) is 0 Å². The summed E-state index contributed by atoms with van der Waals surface area (Å²) in [5.41, 5.74) is 1.55. The van der Waals surface area contributed by atoms with Gasteiger partial charge in [0.2, 0.25) is 0 Å². The van der Waals surface area contributed by atoms with Crippen LogP contribution in [0, 0.1) is 13.8 Å². The molecule has 1 aromatic carbocycles. The van der Waals surface area contributed by atoms with Crippen LogP contribution in [-0.4, -0.2) is 39.1 Å². The average Bonchev–Trinajstić information content (AvgIpc) is 2.51. The van der Waals surface area contributed by atoms with E-state index in [4.69, 9.17) is 51.1 Å². The van der Waals surface area contributed by atoms with Gasteiger partial charge in [-0.2, -0.15) is 0 Å². The van der Waals surface area contributed by atoms with E-state index in [9.17, 15) is 9.59 Å². The highest BCUT2D eigenvalue weighted by Gasteiger charge is 2.46. The van der Waals surface area contributed by atoms with Crippen molar-refractivity contribution in [1.29, 1.82) is 0 Å². The van der Waals surface area contributed by atoms with E-state index in [1.54, 1.807) is 0 Å². The van der Waals surface area contributed by atoms with Gasteiger partial charge in [0, 0.05) is 31.0 Å². The second kappa shape index (κ2) is 6.49. The molecule has 1 saturated heterocycles. The molecule has 1 aromatic rings. The normalized spacial score (nSPS) is 19.6. The van der Waals surface area contributed by atoms with Crippen LogP contribution >= 0.6 is 46.4 Å². The van der Waals surface area contributed by atoms with Crippen molar-refractivity contribution in [2.45, 2.75) is 42.5 Å². The Kier molecular flexibility index (Phi) is 4.95. The highest BCUT2D eigenvalue weighted by Crippen LogP contribution is 2.43. The molecule has 0 saturated carbocycles. The fourth-order valence-corrected chi connectivity index (χ4v) is 4.08. The van der Waals surface area contributed by atoms with E-state index in [2.05, 4.69) is 0 Å². The molecule has 8 heteroatoms. The summed E-state index contributed by atoms with van der Waals surface area (Å²) in [6, 6.07) is 1.81. The zero-order chi connectivity index (χ0) is 18.6. The van der Waals surface area contributed by atoms with Crippen molar-refractivity contribution in [2.75, 3.05) is 13.1 Å². The lowest BCUT2D eigenvalue weighted by molar-refractivity contribution is -0.133. The van der Waals surface area contributed by atoms with Crippen molar-refractivity contribution in [3.63, 3.8) is 0 Å². The number of ketones is 1. The summed E-state index contributed by atoms with van der Waals surface area (Å²) in [5.74, 6) is 0.0342. The first kappa shape index (κ1) is 19.1. The summed E-state index contributed by atoms with van der Waals surface area (Å²) in [4.78, 5) is 26.3. The van der Waals surface area contributed by atoms with Gasteiger partial charge in [0.15, 0.2) is 5.78 Å². The minimum absolute atomic E-state index is 0.0156. The Morgan fingerprint density at radius 1 is 1.24 bits per heavy atom. The van der Waals surface area contributed by atoms with Crippen LogP contribution in [0.2, 0.25) is 5.02 Å². The Balaban J connectivity index is 1.83. The molecule has 2 aliphatic rings. The molecule has 1 fully saturated rings. The number of carbonyl (C=O) groups excluding carboxylic acids is 2. The number of nitrogens with zero attached hydrogens (tertiary/aromatic N) is 1. The van der Waals surface area contributed by atoms with Crippen molar-refractivity contribution < 1.29 is 14.3 Å². The van der Waals surface area contributed by atoms with Crippen molar-refractivity contribution in [3.05, 3.63) is 27.8 Å². The van der Waals surface area contributed by atoms with E-state index in [0.29, 0.717) is 42.3 Å². The van der Waals surface area contributed by atoms with E-state index in [0.717, 1.165) is 11.1 Å². The third-order valence-electron chi connectivity index (χ3n) is 4.94. The number of likely N-dealkylation sites (tertiary alicyclic amines) is 1. The second-order valence-electron chi connectivity index (χ2n) is 6.68. The van der Waals surface area contributed by atoms with Gasteiger partial charge >= 0.3 is 0 Å². The highest BCUT2D eigenvalue weighted by atomic mass is 35.6. The van der Waals surface area contributed by atoms with Gasteiger partial charge < -0.3 is 9.64 Å². The third kappa shape index (κ3) is 3.46. The van der Waals surface area contributed by atoms with Crippen LogP contribution in [0.4, 0.5) is 0 Å². The molecule has 2 aliphatic heterocycles. The number of Topliss-reactive ketones (excluding diaryl/α,β-unsaturated/α-hetero) is 1. The van der Waals surface area contributed by atoms with Crippen molar-refractivity contribution in [1.82, 2.24) is 4.90 Å². The summed E-state index contributed by atoms with van der Waals surface area (Å²) in [6.07, 6.45) is 1.27. The molecule has 136 valence electrons. The van der Waals surface area contributed by atoms with Gasteiger partial charge in [-0.05, 0) is 31.0 Å². The Labute approximate surface area is 166 Å². The van der Waals surface area contributed by atoms with E-state index in [-0.39, 0.29) is 12.2 Å². The SMILES string of the molecule is Cc1cc2c(c(C)c1Cl)C(=O)CC1(CCN(C(=O)C(Cl)(Cl)Cl)CC1)O2. The minimum atomic E-state index is -1.97. The van der Waals surface area contributed by atoms with Crippen LogP contribution in [0.5, 0.6) is 5.75 Å². The number of benzene rings is 1. The van der Waals surface area contributed by atoms with Crippen LogP contribution in [0.1, 0.15) is 40.7 Å². The summed E-state index contributed by atoms with van der Waals surface area (Å²) < 4.78 is 4.28. The molecular weight excluding hydrogens is 408 g/mol. The largest absolute Gasteiger partial charge is 0.486 e. The monoisotopic (exact) mass is 423 g/mol. The van der Waals surface area contributed by atoms with Gasteiger partial charge in [0.05, 0.1) is 12.0 Å². The zero-order valence-corrected chi connectivity index (χ0v) is 16.8. The molecule has 1 spiro atoms. The van der Waals surface area contributed by atoms with Gasteiger partial charge in [-0.3, -0.25) is 9.59 Å². The second-order valence-corrected chi connectivity index (χ2v) is 9.34. The topological polar surface area (TPSA) is 46.6 Å². The Morgan fingerprint density at radius 3 is 2.40 bits per heavy atom. The van der Waals surface area contributed by atoms with Crippen LogP contribution in [-0.2, 0) is 4.79 Å². The fraction of sp³-hybridized carbons (Fsp3) is 0.529. The lowest BCUT2D eigenvalue weighted by atomic mass is 9.81. The van der Waals surface area contributed by atoms with E-state index in [1.165, 1.54) is 4.90 Å². The molecular formula is C17H17Cl4NO3. The maximum atomic E-state index is 12.7. The first-order valence-corrected chi connectivity index (χ1v) is 9.43. The van der Waals surface area contributed by atoms with Crippen LogP contribution in [0.3, 0.4) is 0 Å². The first-order chi connectivity index (χ1) is 11.5. The smallest absolute Gasteiger partial charge is 0.274 e. The van der Waals surface area contributed by atoms with Crippen molar-refractivity contribution >= 4 is 58.1 Å². The summed E-state index contributed by atoms with van der Waals surface area (Å²) in [5, 5.41) is 0.592. The van der Waals surface area contributed by atoms with E-state index in [1.807, 2.05) is 19.9 Å². The van der Waals surface area contributed by atoms with Gasteiger partial charge in [0.25, 0.3) is 9.70 Å². The minimum Gasteiger partial charge on any atom is -0.486 e. The fourth-order valence-electron chi connectivity index (χ4n) is 3.58. The number of aryl methyl sites for hydroxylation is 1. The molecule has 0 atom stereocenters. The number of ether oxygens (including phenoxy) is 1. The number of alkyl halides is 3. The number of carbonyl (C=O) groups is 2. The Hall–Kier alpha value is -0.680. The van der Waals surface area contributed by atoms with Crippen molar-refractivity contribution in [2.24, 2.45) is 0 Å². The molecule has 1 amide bonds. The van der Waals surface area contributed by atoms with Gasteiger partial charge in [0.1, 0.15) is 11.4 Å². The zero-order valence-electron chi connectivity index (χ0n) is 13.8. The van der Waals surface area contributed by atoms with Crippen molar-refractivity contribution in [3.8, 4) is 5.75 Å². The molecule has 0 bridgehead atoms. The number of hydrogen-bond acceptors (Lipinski definition) is 3. The number of rotatable bonds is 0. The molecule has 4 nitrogen and oxygen atoms in total. The number of piperidine rings is 1. The molecule has 3 rings (SSSR count). The standard InChI is InChI=1S/C17H17Cl4NO3/c1-9-7-12-13(10(2)14(9)18)11(23)8-16(25-12)3-5-22(6-4-16)15(24)17(19,20)21/h7H,3-6,8H2,1-2H3. The van der Waals surface area contributed by atoms with Gasteiger partial charge in [-0.25, -0.2) is 0 Å². The molecule has 0 aromatic heterocycles. The Bertz CT molecular complexity index is 749. The molecule has 25 heavy (non-hydrogen) atoms. The molecule has 0 radical (unpaired) electrons. The van der Waals surface area contributed by atoms with Crippen LogP contribution in [0.15, 0.2) is 6.07 Å². The highest BCUT2D eigenvalue weighted by molar-refractivity contribution is 6.76. The summed E-state index contributed by atoms with van der Waals surface area (Å²) in [6.45, 7) is 4.46. The third-order valence-corrected chi connectivity index (χ3v) is 6.00. The molecule has 0 aliphatic carbocycles. The number of halogens is 4. The maximum Gasteiger partial charge on any atom is 0.274 e. The Morgan fingerprint density at radius 2 is 1.84 bits per heavy atom. The quantitative estimate of drug-likeness (QED) is 0.569. The molecule has 0 N–H and O–H groups in total. The molecule has 2 heterocycles. The predicted molar refractivity (Wildman–Crippen MR) is 99.3 cm³/mol.